The van der Waals surface area contributed by atoms with Gasteiger partial charge in [0.05, 0.1) is 33.1 Å². The molecule has 1 heterocycles. The lowest BCUT2D eigenvalue weighted by Gasteiger charge is -2.12. The number of aromatic amines is 1. The number of nitrogens with zero attached hydrogens (tertiary/aromatic N) is 1. The fourth-order valence-electron chi connectivity index (χ4n) is 2.66. The van der Waals surface area contributed by atoms with Crippen LogP contribution in [0.25, 0.3) is 10.9 Å². The lowest BCUT2D eigenvalue weighted by atomic mass is 10.2. The predicted octanol–water partition coefficient (Wildman–Crippen LogP) is 2.96. The van der Waals surface area contributed by atoms with Crippen molar-refractivity contribution < 1.29 is 19.0 Å². The second-order valence-electron chi connectivity index (χ2n) is 5.41. The number of para-hydroxylation sites is 1. The van der Waals surface area contributed by atoms with E-state index < -0.39 is 0 Å². The van der Waals surface area contributed by atoms with Crippen molar-refractivity contribution >= 4 is 23.0 Å². The zero-order chi connectivity index (χ0) is 18.5. The molecule has 1 aromatic heterocycles. The van der Waals surface area contributed by atoms with Crippen LogP contribution < -0.4 is 19.6 Å². The molecular weight excluding hydrogens is 334 g/mol. The van der Waals surface area contributed by atoms with E-state index in [0.29, 0.717) is 28.4 Å². The van der Waals surface area contributed by atoms with Crippen LogP contribution in [-0.2, 0) is 0 Å². The number of hydrogen-bond donors (Lipinski definition) is 2. The number of fused-ring (bicyclic) bond motifs is 1. The van der Waals surface area contributed by atoms with Gasteiger partial charge in [-0.1, -0.05) is 18.2 Å². The van der Waals surface area contributed by atoms with Crippen molar-refractivity contribution in [2.75, 3.05) is 21.3 Å². The third kappa shape index (κ3) is 3.32. The summed E-state index contributed by atoms with van der Waals surface area (Å²) in [5, 5.41) is 4.86. The van der Waals surface area contributed by atoms with Gasteiger partial charge >= 0.3 is 0 Å². The molecule has 0 saturated heterocycles. The highest BCUT2D eigenvalue weighted by Gasteiger charge is 2.13. The highest BCUT2D eigenvalue weighted by molar-refractivity contribution is 6.06. The molecule has 2 aromatic carbocycles. The number of H-pyrrole nitrogens is 1. The number of hydrogen-bond acceptors (Lipinski definition) is 5. The molecule has 0 atom stereocenters. The Morgan fingerprint density at radius 1 is 1.08 bits per heavy atom. The van der Waals surface area contributed by atoms with Gasteiger partial charge < -0.3 is 19.2 Å². The fourth-order valence-corrected chi connectivity index (χ4v) is 2.66. The molecule has 0 unspecified atom stereocenters. The predicted molar refractivity (Wildman–Crippen MR) is 99.5 cm³/mol. The third-order valence-electron chi connectivity index (χ3n) is 3.90. The molecule has 2 N–H and O–H groups in total. The summed E-state index contributed by atoms with van der Waals surface area (Å²) in [7, 11) is 4.61. The van der Waals surface area contributed by atoms with Gasteiger partial charge in [0.15, 0.2) is 11.5 Å². The standard InChI is InChI=1S/C19H19N3O4/c1-24-16-8-12(9-17(25-2)18(16)26-3)10-21-22-19(23)14-11-20-15-7-5-4-6-13(14)15/h4-11,20H,1-3H3,(H,22,23). The van der Waals surface area contributed by atoms with E-state index in [2.05, 4.69) is 15.5 Å². The summed E-state index contributed by atoms with van der Waals surface area (Å²) in [4.78, 5) is 15.4. The van der Waals surface area contributed by atoms with Crippen LogP contribution in [0.15, 0.2) is 47.7 Å². The number of aromatic nitrogens is 1. The van der Waals surface area contributed by atoms with Crippen LogP contribution in [-0.4, -0.2) is 38.4 Å². The molecule has 0 aliphatic heterocycles. The van der Waals surface area contributed by atoms with Gasteiger partial charge in [-0.3, -0.25) is 4.79 Å². The molecule has 3 rings (SSSR count). The first-order valence-corrected chi connectivity index (χ1v) is 7.87. The number of amides is 1. The van der Waals surface area contributed by atoms with Crippen molar-refractivity contribution in [2.24, 2.45) is 5.10 Å². The molecule has 0 bridgehead atoms. The molecular formula is C19H19N3O4. The summed E-state index contributed by atoms with van der Waals surface area (Å²) in [6.07, 6.45) is 3.17. The average Bonchev–Trinajstić information content (AvgIpc) is 3.11. The van der Waals surface area contributed by atoms with E-state index in [-0.39, 0.29) is 5.91 Å². The first-order chi connectivity index (χ1) is 12.7. The van der Waals surface area contributed by atoms with Crippen molar-refractivity contribution in [2.45, 2.75) is 0 Å². The Kier molecular flexibility index (Phi) is 5.07. The molecule has 3 aromatic rings. The Labute approximate surface area is 150 Å². The minimum absolute atomic E-state index is 0.300. The smallest absolute Gasteiger partial charge is 0.273 e. The third-order valence-corrected chi connectivity index (χ3v) is 3.90. The summed E-state index contributed by atoms with van der Waals surface area (Å²) in [6, 6.07) is 11.1. The first-order valence-electron chi connectivity index (χ1n) is 7.87. The molecule has 0 aliphatic carbocycles. The molecule has 7 nitrogen and oxygen atoms in total. The van der Waals surface area contributed by atoms with Gasteiger partial charge in [0, 0.05) is 22.7 Å². The summed E-state index contributed by atoms with van der Waals surface area (Å²) in [5.41, 5.74) is 4.65. The molecule has 0 fully saturated rings. The van der Waals surface area contributed by atoms with Crippen molar-refractivity contribution in [3.63, 3.8) is 0 Å². The summed E-state index contributed by atoms with van der Waals surface area (Å²) in [6.45, 7) is 0. The Bertz CT molecular complexity index is 937. The molecule has 1 amide bonds. The van der Waals surface area contributed by atoms with Crippen LogP contribution in [0.5, 0.6) is 17.2 Å². The van der Waals surface area contributed by atoms with Crippen LogP contribution in [0.2, 0.25) is 0 Å². The van der Waals surface area contributed by atoms with Crippen molar-refractivity contribution in [3.05, 3.63) is 53.7 Å². The number of ether oxygens (including phenoxy) is 3. The lowest BCUT2D eigenvalue weighted by Crippen LogP contribution is -2.17. The number of hydrazone groups is 1. The number of rotatable bonds is 6. The van der Waals surface area contributed by atoms with E-state index >= 15 is 0 Å². The van der Waals surface area contributed by atoms with Crippen LogP contribution in [0.4, 0.5) is 0 Å². The summed E-state index contributed by atoms with van der Waals surface area (Å²) >= 11 is 0. The second kappa shape index (κ2) is 7.60. The van der Waals surface area contributed by atoms with E-state index in [4.69, 9.17) is 14.2 Å². The van der Waals surface area contributed by atoms with E-state index in [1.54, 1.807) is 18.3 Å². The van der Waals surface area contributed by atoms with E-state index in [0.717, 1.165) is 10.9 Å². The molecule has 0 aliphatic rings. The molecule has 134 valence electrons. The maximum Gasteiger partial charge on any atom is 0.273 e. The van der Waals surface area contributed by atoms with E-state index in [1.807, 2.05) is 24.3 Å². The zero-order valence-electron chi connectivity index (χ0n) is 14.7. The molecule has 0 radical (unpaired) electrons. The Hall–Kier alpha value is -3.48. The minimum Gasteiger partial charge on any atom is -0.493 e. The Balaban J connectivity index is 1.79. The number of benzene rings is 2. The topological polar surface area (TPSA) is 84.9 Å². The maximum absolute atomic E-state index is 12.3. The Morgan fingerprint density at radius 2 is 1.77 bits per heavy atom. The number of methoxy groups -OCH3 is 3. The van der Waals surface area contributed by atoms with Crippen LogP contribution in [0.1, 0.15) is 15.9 Å². The van der Waals surface area contributed by atoms with Crippen molar-refractivity contribution in [1.82, 2.24) is 10.4 Å². The number of carbonyl (C=O) groups excluding carboxylic acids is 1. The van der Waals surface area contributed by atoms with Gasteiger partial charge in [-0.2, -0.15) is 5.10 Å². The summed E-state index contributed by atoms with van der Waals surface area (Å²) < 4.78 is 15.9. The number of nitrogens with one attached hydrogen (secondary N) is 2. The quantitative estimate of drug-likeness (QED) is 0.527. The first kappa shape index (κ1) is 17.3. The minimum atomic E-state index is -0.300. The SMILES string of the molecule is COc1cc(C=NNC(=O)c2c[nH]c3ccccc23)cc(OC)c1OC. The molecule has 26 heavy (non-hydrogen) atoms. The van der Waals surface area contributed by atoms with Gasteiger partial charge in [0.25, 0.3) is 5.91 Å². The number of carbonyl (C=O) groups is 1. The van der Waals surface area contributed by atoms with Gasteiger partial charge in [-0.25, -0.2) is 5.43 Å². The van der Waals surface area contributed by atoms with Gasteiger partial charge in [0.2, 0.25) is 5.75 Å². The molecule has 7 heteroatoms. The highest BCUT2D eigenvalue weighted by atomic mass is 16.5. The average molecular weight is 353 g/mol. The second-order valence-corrected chi connectivity index (χ2v) is 5.41. The molecule has 0 spiro atoms. The van der Waals surface area contributed by atoms with E-state index in [9.17, 15) is 4.79 Å². The van der Waals surface area contributed by atoms with Gasteiger partial charge in [0.1, 0.15) is 0 Å². The van der Waals surface area contributed by atoms with Crippen LogP contribution in [0, 0.1) is 0 Å². The largest absolute Gasteiger partial charge is 0.493 e. The van der Waals surface area contributed by atoms with Crippen LogP contribution in [0.3, 0.4) is 0 Å². The maximum atomic E-state index is 12.3. The normalized spacial score (nSPS) is 10.9. The zero-order valence-corrected chi connectivity index (χ0v) is 14.7. The van der Waals surface area contributed by atoms with Crippen LogP contribution >= 0.6 is 0 Å². The monoisotopic (exact) mass is 353 g/mol. The Morgan fingerprint density at radius 3 is 2.42 bits per heavy atom. The molecule has 0 saturated carbocycles. The lowest BCUT2D eigenvalue weighted by molar-refractivity contribution is 0.0957. The summed E-state index contributed by atoms with van der Waals surface area (Å²) in [5.74, 6) is 1.22. The van der Waals surface area contributed by atoms with Gasteiger partial charge in [-0.15, -0.1) is 0 Å². The van der Waals surface area contributed by atoms with E-state index in [1.165, 1.54) is 27.5 Å². The fraction of sp³-hybridized carbons (Fsp3) is 0.158. The van der Waals surface area contributed by atoms with Crippen molar-refractivity contribution in [3.8, 4) is 17.2 Å². The van der Waals surface area contributed by atoms with Crippen molar-refractivity contribution in [1.29, 1.82) is 0 Å². The van der Waals surface area contributed by atoms with Gasteiger partial charge in [-0.05, 0) is 18.2 Å². The highest BCUT2D eigenvalue weighted by Crippen LogP contribution is 2.37.